The molecule has 0 atom stereocenters. The van der Waals surface area contributed by atoms with Gasteiger partial charge in [0.2, 0.25) is 0 Å². The molecule has 0 saturated carbocycles. The number of benzene rings is 2. The summed E-state index contributed by atoms with van der Waals surface area (Å²) in [5.74, 6) is -1.53. The van der Waals surface area contributed by atoms with Crippen LogP contribution in [0.1, 0.15) is 31.9 Å². The van der Waals surface area contributed by atoms with Crippen LogP contribution in [-0.4, -0.2) is 65.0 Å². The van der Waals surface area contributed by atoms with Gasteiger partial charge in [-0.1, -0.05) is 32.9 Å². The number of fused-ring (bicyclic) bond motifs is 1. The van der Waals surface area contributed by atoms with Crippen molar-refractivity contribution in [1.82, 2.24) is 19.8 Å². The molecular weight excluding hydrogens is 550 g/mol. The maximum Gasteiger partial charge on any atom is 0.416 e. The zero-order valence-corrected chi connectivity index (χ0v) is 23.9. The molecule has 0 spiro atoms. The average Bonchev–Trinajstić information content (AvgIpc) is 3.46. The highest BCUT2D eigenvalue weighted by molar-refractivity contribution is 5.92. The van der Waals surface area contributed by atoms with Crippen molar-refractivity contribution < 1.29 is 27.1 Å². The Bertz CT molecular complexity index is 1500. The van der Waals surface area contributed by atoms with Crippen LogP contribution in [0.25, 0.3) is 22.2 Å². The zero-order chi connectivity index (χ0) is 30.3. The number of alkyl halides is 3. The number of nitrogens with one attached hydrogen (secondary N) is 2. The molecule has 5 rings (SSSR count). The number of aromatic nitrogens is 2. The van der Waals surface area contributed by atoms with Crippen LogP contribution in [0.5, 0.6) is 5.75 Å². The van der Waals surface area contributed by atoms with Gasteiger partial charge in [-0.25, -0.2) is 9.37 Å². The lowest BCUT2D eigenvalue weighted by Gasteiger charge is -2.34. The van der Waals surface area contributed by atoms with Crippen molar-refractivity contribution in [3.8, 4) is 16.9 Å². The molecule has 2 N–H and O–H groups in total. The number of H-pyrrole nitrogens is 1. The molecule has 1 aliphatic heterocycles. The van der Waals surface area contributed by atoms with E-state index in [2.05, 4.69) is 27.1 Å². The van der Waals surface area contributed by atoms with Gasteiger partial charge in [-0.2, -0.15) is 13.2 Å². The van der Waals surface area contributed by atoms with Gasteiger partial charge >= 0.3 is 6.18 Å². The highest BCUT2D eigenvalue weighted by Gasteiger charge is 2.34. The summed E-state index contributed by atoms with van der Waals surface area (Å²) in [6, 6.07) is 11.8. The maximum atomic E-state index is 14.7. The number of carbonyl (C=O) groups excluding carboxylic acids is 1. The number of nitrogens with zero attached hydrogens (tertiary/aromatic N) is 3. The molecule has 0 bridgehead atoms. The van der Waals surface area contributed by atoms with E-state index < -0.39 is 30.1 Å². The van der Waals surface area contributed by atoms with Crippen LogP contribution in [0.4, 0.5) is 23.2 Å². The predicted molar refractivity (Wildman–Crippen MR) is 156 cm³/mol. The fourth-order valence-corrected chi connectivity index (χ4v) is 4.80. The van der Waals surface area contributed by atoms with Gasteiger partial charge in [0.25, 0.3) is 5.91 Å². The lowest BCUT2D eigenvalue weighted by atomic mass is 10.0. The van der Waals surface area contributed by atoms with Crippen LogP contribution in [0.2, 0.25) is 0 Å². The van der Waals surface area contributed by atoms with Crippen molar-refractivity contribution in [3.63, 3.8) is 0 Å². The lowest BCUT2D eigenvalue weighted by molar-refractivity contribution is -0.138. The van der Waals surface area contributed by atoms with E-state index in [1.165, 1.54) is 24.3 Å². The molecule has 3 heterocycles. The molecule has 0 radical (unpaired) electrons. The quantitative estimate of drug-likeness (QED) is 0.229. The summed E-state index contributed by atoms with van der Waals surface area (Å²) < 4.78 is 61.6. The molecule has 42 heavy (non-hydrogen) atoms. The Morgan fingerprint density at radius 3 is 2.43 bits per heavy atom. The number of amides is 1. The Hall–Kier alpha value is -3.96. The van der Waals surface area contributed by atoms with E-state index in [9.17, 15) is 22.4 Å². The van der Waals surface area contributed by atoms with Crippen LogP contribution < -0.4 is 10.1 Å². The number of halogens is 4. The van der Waals surface area contributed by atoms with E-state index in [4.69, 9.17) is 4.74 Å². The number of hydrogen-bond donors (Lipinski definition) is 2. The Kier molecular flexibility index (Phi) is 10.2. The highest BCUT2D eigenvalue weighted by atomic mass is 19.4. The number of ether oxygens (including phenoxy) is 1. The Labute approximate surface area is 242 Å². The van der Waals surface area contributed by atoms with Crippen molar-refractivity contribution >= 4 is 22.6 Å². The van der Waals surface area contributed by atoms with Gasteiger partial charge in [0.1, 0.15) is 5.65 Å². The minimum absolute atomic E-state index is 0.0102. The van der Waals surface area contributed by atoms with Crippen LogP contribution >= 0.6 is 0 Å². The first kappa shape index (κ1) is 31.0. The topological polar surface area (TPSA) is 73.5 Å². The van der Waals surface area contributed by atoms with Crippen LogP contribution in [-0.2, 0) is 17.5 Å². The van der Waals surface area contributed by atoms with Crippen molar-refractivity contribution in [2.24, 2.45) is 0 Å². The molecule has 11 heteroatoms. The lowest BCUT2D eigenvalue weighted by Crippen LogP contribution is -2.45. The smallest absolute Gasteiger partial charge is 0.416 e. The molecule has 224 valence electrons. The van der Waals surface area contributed by atoms with Crippen LogP contribution in [0.15, 0.2) is 60.9 Å². The number of pyridine rings is 1. The Morgan fingerprint density at radius 1 is 1.00 bits per heavy atom. The van der Waals surface area contributed by atoms with Gasteiger partial charge in [-0.15, -0.1) is 0 Å². The largest absolute Gasteiger partial charge is 0.481 e. The van der Waals surface area contributed by atoms with E-state index in [0.717, 1.165) is 36.7 Å². The molecular formula is C31H35F4N5O2. The second kappa shape index (κ2) is 13.8. The van der Waals surface area contributed by atoms with Gasteiger partial charge < -0.3 is 19.9 Å². The SMILES string of the molecule is CC.CCN1CCN(Cc2ccc(NC(=O)COc3ccc(-c4cnc5[nH]ccc5c4)cc3F)cc2C(F)(F)F)CC1. The first-order valence-corrected chi connectivity index (χ1v) is 14.0. The molecule has 0 unspecified atom stereocenters. The van der Waals surface area contributed by atoms with E-state index in [1.54, 1.807) is 18.5 Å². The van der Waals surface area contributed by atoms with E-state index in [0.29, 0.717) is 24.2 Å². The molecule has 1 fully saturated rings. The van der Waals surface area contributed by atoms with Gasteiger partial charge in [-0.3, -0.25) is 9.69 Å². The first-order chi connectivity index (χ1) is 20.2. The zero-order valence-electron chi connectivity index (χ0n) is 23.9. The minimum Gasteiger partial charge on any atom is -0.481 e. The maximum absolute atomic E-state index is 14.7. The Morgan fingerprint density at radius 2 is 1.74 bits per heavy atom. The van der Waals surface area contributed by atoms with Gasteiger partial charge in [0.05, 0.1) is 5.56 Å². The number of carbonyl (C=O) groups is 1. The second-order valence-electron chi connectivity index (χ2n) is 9.70. The molecule has 2 aromatic carbocycles. The number of piperazine rings is 1. The fourth-order valence-electron chi connectivity index (χ4n) is 4.80. The highest BCUT2D eigenvalue weighted by Crippen LogP contribution is 2.35. The van der Waals surface area contributed by atoms with E-state index >= 15 is 0 Å². The van der Waals surface area contributed by atoms with Crippen LogP contribution in [0.3, 0.4) is 0 Å². The predicted octanol–water partition coefficient (Wildman–Crippen LogP) is 6.57. The normalized spacial score (nSPS) is 14.4. The Balaban J connectivity index is 0.00000198. The molecule has 2 aromatic heterocycles. The number of aromatic amines is 1. The molecule has 0 aliphatic carbocycles. The minimum atomic E-state index is -4.58. The van der Waals surface area contributed by atoms with Crippen molar-refractivity contribution in [3.05, 3.63) is 77.9 Å². The van der Waals surface area contributed by atoms with E-state index in [-0.39, 0.29) is 23.5 Å². The summed E-state index contributed by atoms with van der Waals surface area (Å²) in [5.41, 5.74) is 1.36. The third kappa shape index (κ3) is 7.65. The third-order valence-corrected chi connectivity index (χ3v) is 7.03. The number of hydrogen-bond acceptors (Lipinski definition) is 5. The van der Waals surface area contributed by atoms with Gasteiger partial charge in [-0.05, 0) is 54.1 Å². The standard InChI is InChI=1S/C29H29F4N5O2.C2H6/c1-2-37-9-11-38(12-10-37)17-21-3-5-23(15-24(21)29(31,32)33)36-27(39)18-40-26-6-4-19(14-25(26)30)22-13-20-7-8-34-28(20)35-16-22;1-2/h3-8,13-16H,2,9-12,17-18H2,1H3,(H,34,35)(H,36,39);1-2H3. The number of anilines is 1. The summed E-state index contributed by atoms with van der Waals surface area (Å²) in [7, 11) is 0. The molecule has 7 nitrogen and oxygen atoms in total. The van der Waals surface area contributed by atoms with Crippen molar-refractivity contribution in [2.75, 3.05) is 44.6 Å². The first-order valence-electron chi connectivity index (χ1n) is 14.0. The van der Waals surface area contributed by atoms with Crippen LogP contribution in [0, 0.1) is 5.82 Å². The molecule has 1 amide bonds. The number of rotatable bonds is 8. The summed E-state index contributed by atoms with van der Waals surface area (Å²) in [5, 5.41) is 3.30. The molecule has 1 aliphatic rings. The van der Waals surface area contributed by atoms with Gasteiger partial charge in [0.15, 0.2) is 18.2 Å². The third-order valence-electron chi connectivity index (χ3n) is 7.03. The molecule has 4 aromatic rings. The van der Waals surface area contributed by atoms with Crippen molar-refractivity contribution in [1.29, 1.82) is 0 Å². The fraction of sp³-hybridized carbons (Fsp3) is 0.355. The monoisotopic (exact) mass is 585 g/mol. The summed E-state index contributed by atoms with van der Waals surface area (Å²) in [6.07, 6.45) is -1.20. The van der Waals surface area contributed by atoms with E-state index in [1.807, 2.05) is 30.9 Å². The molecule has 1 saturated heterocycles. The summed E-state index contributed by atoms with van der Waals surface area (Å²) in [4.78, 5) is 24.0. The average molecular weight is 586 g/mol. The summed E-state index contributed by atoms with van der Waals surface area (Å²) >= 11 is 0. The summed E-state index contributed by atoms with van der Waals surface area (Å²) in [6.45, 7) is 9.60. The van der Waals surface area contributed by atoms with Gasteiger partial charge in [0, 0.05) is 61.8 Å². The van der Waals surface area contributed by atoms with Crippen molar-refractivity contribution in [2.45, 2.75) is 33.5 Å². The number of likely N-dealkylation sites (N-methyl/N-ethyl adjacent to an activating group) is 1. The second-order valence-corrected chi connectivity index (χ2v) is 9.70.